The fourth-order valence-corrected chi connectivity index (χ4v) is 3.10. The summed E-state index contributed by atoms with van der Waals surface area (Å²) in [4.78, 5) is 25.7. The first-order chi connectivity index (χ1) is 11.1. The number of halogens is 1. The highest BCUT2D eigenvalue weighted by Crippen LogP contribution is 2.26. The molecule has 1 aliphatic carbocycles. The number of nitrogens with zero attached hydrogens (tertiary/aromatic N) is 1. The fourth-order valence-electron chi connectivity index (χ4n) is 3.10. The normalized spacial score (nSPS) is 19.2. The zero-order valence-corrected chi connectivity index (χ0v) is 13.1. The molecular weight excluding hydrogens is 297 g/mol. The lowest BCUT2D eigenvalue weighted by Gasteiger charge is -2.29. The van der Waals surface area contributed by atoms with E-state index in [4.69, 9.17) is 0 Å². The molecule has 0 aromatic heterocycles. The Bertz CT molecular complexity index is 589. The summed E-state index contributed by atoms with van der Waals surface area (Å²) in [6, 6.07) is 6.11. The van der Waals surface area contributed by atoms with Crippen LogP contribution < -0.4 is 10.6 Å². The van der Waals surface area contributed by atoms with Crippen molar-refractivity contribution in [3.8, 4) is 0 Å². The van der Waals surface area contributed by atoms with E-state index in [1.165, 1.54) is 12.1 Å². The average molecular weight is 319 g/mol. The van der Waals surface area contributed by atoms with Gasteiger partial charge in [-0.05, 0) is 37.0 Å². The Hall–Kier alpha value is -2.11. The summed E-state index contributed by atoms with van der Waals surface area (Å²) in [5.74, 6) is -0.0945. The van der Waals surface area contributed by atoms with E-state index in [2.05, 4.69) is 10.6 Å². The number of urea groups is 1. The van der Waals surface area contributed by atoms with E-state index < -0.39 is 0 Å². The van der Waals surface area contributed by atoms with Crippen LogP contribution in [0.4, 0.5) is 9.18 Å². The molecular formula is C17H22FN3O2. The van der Waals surface area contributed by atoms with Gasteiger partial charge in [0.05, 0.1) is 6.04 Å². The lowest BCUT2D eigenvalue weighted by molar-refractivity contribution is -0.127. The van der Waals surface area contributed by atoms with Gasteiger partial charge in [-0.1, -0.05) is 18.6 Å². The second-order valence-electron chi connectivity index (χ2n) is 6.29. The van der Waals surface area contributed by atoms with E-state index in [1.807, 2.05) is 6.07 Å². The van der Waals surface area contributed by atoms with Crippen molar-refractivity contribution in [1.82, 2.24) is 15.5 Å². The summed E-state index contributed by atoms with van der Waals surface area (Å²) >= 11 is 0. The van der Waals surface area contributed by atoms with Crippen LogP contribution in [-0.4, -0.2) is 42.5 Å². The van der Waals surface area contributed by atoms with Gasteiger partial charge in [0.2, 0.25) is 5.91 Å². The first-order valence-electron chi connectivity index (χ1n) is 8.20. The van der Waals surface area contributed by atoms with Crippen LogP contribution in [0.15, 0.2) is 24.3 Å². The van der Waals surface area contributed by atoms with E-state index in [-0.39, 0.29) is 29.7 Å². The fraction of sp³-hybridized carbons (Fsp3) is 0.529. The van der Waals surface area contributed by atoms with Gasteiger partial charge in [-0.25, -0.2) is 9.18 Å². The molecule has 1 heterocycles. The van der Waals surface area contributed by atoms with Crippen LogP contribution in [0, 0.1) is 11.7 Å². The molecule has 124 valence electrons. The van der Waals surface area contributed by atoms with Crippen LogP contribution in [0.3, 0.4) is 0 Å². The van der Waals surface area contributed by atoms with Crippen LogP contribution >= 0.6 is 0 Å². The molecule has 1 saturated heterocycles. The summed E-state index contributed by atoms with van der Waals surface area (Å²) in [6.07, 6.45) is 3.53. The largest absolute Gasteiger partial charge is 0.354 e. The zero-order chi connectivity index (χ0) is 16.2. The third-order valence-corrected chi connectivity index (χ3v) is 4.68. The lowest BCUT2D eigenvalue weighted by Crippen LogP contribution is -2.48. The van der Waals surface area contributed by atoms with Crippen molar-refractivity contribution in [3.05, 3.63) is 35.6 Å². The molecule has 0 bridgehead atoms. The van der Waals surface area contributed by atoms with Gasteiger partial charge in [0.1, 0.15) is 5.82 Å². The minimum Gasteiger partial charge on any atom is -0.354 e. The maximum absolute atomic E-state index is 13.4. The smallest absolute Gasteiger partial charge is 0.317 e. The first-order valence-corrected chi connectivity index (χ1v) is 8.20. The second-order valence-corrected chi connectivity index (χ2v) is 6.29. The van der Waals surface area contributed by atoms with Crippen molar-refractivity contribution >= 4 is 11.9 Å². The summed E-state index contributed by atoms with van der Waals surface area (Å²) < 4.78 is 13.4. The van der Waals surface area contributed by atoms with Crippen molar-refractivity contribution in [2.75, 3.05) is 19.6 Å². The van der Waals surface area contributed by atoms with Crippen molar-refractivity contribution in [2.24, 2.45) is 5.92 Å². The van der Waals surface area contributed by atoms with E-state index in [1.54, 1.807) is 11.0 Å². The first kappa shape index (κ1) is 15.8. The van der Waals surface area contributed by atoms with Gasteiger partial charge in [-0.15, -0.1) is 0 Å². The number of nitrogens with one attached hydrogen (secondary N) is 2. The Labute approximate surface area is 135 Å². The Morgan fingerprint density at radius 1 is 1.43 bits per heavy atom. The molecule has 23 heavy (non-hydrogen) atoms. The van der Waals surface area contributed by atoms with Gasteiger partial charge in [0.25, 0.3) is 0 Å². The highest BCUT2D eigenvalue weighted by atomic mass is 19.1. The molecule has 1 aromatic carbocycles. The molecule has 1 atom stereocenters. The molecule has 0 radical (unpaired) electrons. The Balaban J connectivity index is 1.65. The van der Waals surface area contributed by atoms with E-state index >= 15 is 0 Å². The SMILES string of the molecule is O=C(NC[C@H](Cc1cccc(F)c1)N1CCNC1=O)C1CCC1. The van der Waals surface area contributed by atoms with E-state index in [0.717, 1.165) is 24.8 Å². The minimum atomic E-state index is -0.286. The maximum atomic E-state index is 13.4. The van der Waals surface area contributed by atoms with Crippen LogP contribution in [0.1, 0.15) is 24.8 Å². The molecule has 1 saturated carbocycles. The van der Waals surface area contributed by atoms with Crippen LogP contribution in [-0.2, 0) is 11.2 Å². The highest BCUT2D eigenvalue weighted by Gasteiger charge is 2.30. The van der Waals surface area contributed by atoms with Crippen LogP contribution in [0.5, 0.6) is 0 Å². The molecule has 1 aromatic rings. The molecule has 2 fully saturated rings. The summed E-state index contributed by atoms with van der Waals surface area (Å²) in [7, 11) is 0. The number of hydrogen-bond acceptors (Lipinski definition) is 2. The van der Waals surface area contributed by atoms with Crippen molar-refractivity contribution in [3.63, 3.8) is 0 Å². The number of rotatable bonds is 6. The Morgan fingerprint density at radius 2 is 2.26 bits per heavy atom. The van der Waals surface area contributed by atoms with Gasteiger partial charge < -0.3 is 15.5 Å². The van der Waals surface area contributed by atoms with Gasteiger partial charge in [-0.2, -0.15) is 0 Å². The third-order valence-electron chi connectivity index (χ3n) is 4.68. The molecule has 2 N–H and O–H groups in total. The summed E-state index contributed by atoms with van der Waals surface area (Å²) in [5.41, 5.74) is 0.826. The number of carbonyl (C=O) groups excluding carboxylic acids is 2. The predicted octanol–water partition coefficient (Wildman–Crippen LogP) is 1.68. The lowest BCUT2D eigenvalue weighted by atomic mass is 9.85. The van der Waals surface area contributed by atoms with Crippen LogP contribution in [0.25, 0.3) is 0 Å². The molecule has 0 spiro atoms. The molecule has 1 aliphatic heterocycles. The zero-order valence-electron chi connectivity index (χ0n) is 13.1. The second kappa shape index (κ2) is 6.98. The number of carbonyl (C=O) groups is 2. The standard InChI is InChI=1S/C17H22FN3O2/c18-14-6-1-3-12(9-14)10-15(21-8-7-19-17(21)23)11-20-16(22)13-4-2-5-13/h1,3,6,9,13,15H,2,4-5,7-8,10-11H2,(H,19,23)(H,20,22)/t15-/m0/s1. The quantitative estimate of drug-likeness (QED) is 0.838. The molecule has 5 nitrogen and oxygen atoms in total. The van der Waals surface area contributed by atoms with Crippen molar-refractivity contribution < 1.29 is 14.0 Å². The van der Waals surface area contributed by atoms with E-state index in [0.29, 0.717) is 26.1 Å². The third kappa shape index (κ3) is 3.81. The molecule has 3 amide bonds. The average Bonchev–Trinajstić information content (AvgIpc) is 2.88. The number of amides is 3. The van der Waals surface area contributed by atoms with Crippen molar-refractivity contribution in [2.45, 2.75) is 31.7 Å². The molecule has 0 unspecified atom stereocenters. The van der Waals surface area contributed by atoms with Crippen molar-refractivity contribution in [1.29, 1.82) is 0 Å². The van der Waals surface area contributed by atoms with Gasteiger partial charge in [0.15, 0.2) is 0 Å². The van der Waals surface area contributed by atoms with Crippen LogP contribution in [0.2, 0.25) is 0 Å². The minimum absolute atomic E-state index is 0.0695. The molecule has 6 heteroatoms. The predicted molar refractivity (Wildman–Crippen MR) is 84.3 cm³/mol. The summed E-state index contributed by atoms with van der Waals surface area (Å²) in [6.45, 7) is 1.62. The Kier molecular flexibility index (Phi) is 4.79. The van der Waals surface area contributed by atoms with Gasteiger partial charge in [-0.3, -0.25) is 4.79 Å². The topological polar surface area (TPSA) is 61.4 Å². The maximum Gasteiger partial charge on any atom is 0.317 e. The molecule has 2 aliphatic rings. The van der Waals surface area contributed by atoms with E-state index in [9.17, 15) is 14.0 Å². The van der Waals surface area contributed by atoms with Gasteiger partial charge in [0, 0.05) is 25.6 Å². The Morgan fingerprint density at radius 3 is 2.87 bits per heavy atom. The summed E-state index contributed by atoms with van der Waals surface area (Å²) in [5, 5.41) is 5.74. The molecule has 3 rings (SSSR count). The number of hydrogen-bond donors (Lipinski definition) is 2. The highest BCUT2D eigenvalue weighted by molar-refractivity contribution is 5.80. The monoisotopic (exact) mass is 319 g/mol. The number of benzene rings is 1. The van der Waals surface area contributed by atoms with Gasteiger partial charge >= 0.3 is 6.03 Å².